The SMILES string of the molecule is CC/C=C\C/C=C\C/C=C\C/C=C\C/C=C\C/C=C\CCCCCCCCCCC(=O)OC(/C=C/CCCCCCCCCCCC)C(COP(=O)([O-])OCC[N+](C)(C)C)NC(=O)CCCCCCCCCCCCCCCCCCCCCCCCCCC. The summed E-state index contributed by atoms with van der Waals surface area (Å²) in [6.07, 6.45) is 92.9. The van der Waals surface area contributed by atoms with Gasteiger partial charge in [-0.1, -0.05) is 350 Å². The maximum atomic E-state index is 13.6. The average molecular weight is 1280 g/mol. The number of hydrogen-bond acceptors (Lipinski definition) is 7. The average Bonchev–Trinajstić information content (AvgIpc) is 3.12. The van der Waals surface area contributed by atoms with E-state index in [2.05, 4.69) is 99.0 Å². The molecule has 0 aromatic heterocycles. The molecule has 3 unspecified atom stereocenters. The van der Waals surface area contributed by atoms with Gasteiger partial charge in [0.15, 0.2) is 0 Å². The lowest BCUT2D eigenvalue weighted by molar-refractivity contribution is -0.870. The Hall–Kier alpha value is -2.81. The minimum atomic E-state index is -4.71. The summed E-state index contributed by atoms with van der Waals surface area (Å²) >= 11 is 0. The van der Waals surface area contributed by atoms with Crippen LogP contribution in [0.3, 0.4) is 0 Å². The van der Waals surface area contributed by atoms with E-state index >= 15 is 0 Å². The first-order valence-corrected chi connectivity index (χ1v) is 39.9. The summed E-state index contributed by atoms with van der Waals surface area (Å²) in [5, 5.41) is 3.05. The van der Waals surface area contributed by atoms with Crippen molar-refractivity contribution in [2.75, 3.05) is 40.9 Å². The summed E-state index contributed by atoms with van der Waals surface area (Å²) in [4.78, 5) is 40.3. The van der Waals surface area contributed by atoms with Crippen LogP contribution in [0.2, 0.25) is 0 Å². The predicted molar refractivity (Wildman–Crippen MR) is 390 cm³/mol. The fraction of sp³-hybridized carbons (Fsp3) is 0.800. The molecule has 0 aliphatic heterocycles. The quantitative estimate of drug-likeness (QED) is 0.0212. The van der Waals surface area contributed by atoms with Crippen molar-refractivity contribution in [1.82, 2.24) is 5.32 Å². The topological polar surface area (TPSA) is 114 Å². The van der Waals surface area contributed by atoms with E-state index in [1.54, 1.807) is 0 Å². The Morgan fingerprint density at radius 1 is 0.400 bits per heavy atom. The molecule has 0 bridgehead atoms. The van der Waals surface area contributed by atoms with Crippen molar-refractivity contribution in [2.24, 2.45) is 0 Å². The molecule has 0 fully saturated rings. The summed E-state index contributed by atoms with van der Waals surface area (Å²) in [6, 6.07) is -0.895. The molecule has 0 aliphatic carbocycles. The smallest absolute Gasteiger partial charge is 0.306 e. The molecule has 10 heteroatoms. The van der Waals surface area contributed by atoms with Gasteiger partial charge in [0.2, 0.25) is 5.91 Å². The van der Waals surface area contributed by atoms with Crippen LogP contribution in [0.1, 0.15) is 361 Å². The highest BCUT2D eigenvalue weighted by Crippen LogP contribution is 2.38. The van der Waals surface area contributed by atoms with Crippen LogP contribution in [0.15, 0.2) is 85.1 Å². The summed E-state index contributed by atoms with van der Waals surface area (Å²) in [5.74, 6) is -0.538. The van der Waals surface area contributed by atoms with Gasteiger partial charge in [0.25, 0.3) is 7.82 Å². The molecular weight excluding hydrogens is 1130 g/mol. The minimum absolute atomic E-state index is 0.0247. The largest absolute Gasteiger partial charge is 0.756 e. The lowest BCUT2D eigenvalue weighted by atomic mass is 10.0. The second-order valence-corrected chi connectivity index (χ2v) is 28.5. The molecule has 0 aromatic carbocycles. The van der Waals surface area contributed by atoms with Crippen molar-refractivity contribution >= 4 is 19.7 Å². The van der Waals surface area contributed by atoms with Crippen molar-refractivity contribution in [1.29, 1.82) is 0 Å². The van der Waals surface area contributed by atoms with Crippen LogP contribution >= 0.6 is 7.82 Å². The molecule has 524 valence electrons. The van der Waals surface area contributed by atoms with E-state index in [4.69, 9.17) is 13.8 Å². The van der Waals surface area contributed by atoms with Crippen molar-refractivity contribution in [2.45, 2.75) is 373 Å². The van der Waals surface area contributed by atoms with E-state index in [1.165, 1.54) is 218 Å². The Morgan fingerprint density at radius 3 is 1.07 bits per heavy atom. The molecule has 0 aliphatic rings. The Kier molecular flexibility index (Phi) is 66.9. The molecule has 1 N–H and O–H groups in total. The van der Waals surface area contributed by atoms with Gasteiger partial charge < -0.3 is 28.5 Å². The van der Waals surface area contributed by atoms with Crippen LogP contribution in [0.4, 0.5) is 0 Å². The lowest BCUT2D eigenvalue weighted by Crippen LogP contribution is -2.47. The van der Waals surface area contributed by atoms with Crippen molar-refractivity contribution in [3.8, 4) is 0 Å². The highest BCUT2D eigenvalue weighted by Gasteiger charge is 2.27. The molecule has 0 saturated carbocycles. The highest BCUT2D eigenvalue weighted by molar-refractivity contribution is 7.45. The van der Waals surface area contributed by atoms with Gasteiger partial charge in [-0.25, -0.2) is 0 Å². The van der Waals surface area contributed by atoms with Crippen LogP contribution in [0.5, 0.6) is 0 Å². The second-order valence-electron chi connectivity index (χ2n) is 27.1. The van der Waals surface area contributed by atoms with Crippen molar-refractivity contribution in [3.05, 3.63) is 85.1 Å². The fourth-order valence-electron chi connectivity index (χ4n) is 11.2. The first kappa shape index (κ1) is 87.2. The normalized spacial score (nSPS) is 13.9. The van der Waals surface area contributed by atoms with Gasteiger partial charge in [-0.2, -0.15) is 0 Å². The number of carbonyl (C=O) groups excluding carboxylic acids is 2. The van der Waals surface area contributed by atoms with Crippen LogP contribution in [0.25, 0.3) is 0 Å². The number of unbranched alkanes of at least 4 members (excludes halogenated alkanes) is 42. The van der Waals surface area contributed by atoms with E-state index in [0.29, 0.717) is 17.4 Å². The van der Waals surface area contributed by atoms with Gasteiger partial charge in [-0.15, -0.1) is 0 Å². The molecule has 90 heavy (non-hydrogen) atoms. The molecule has 0 radical (unpaired) electrons. The molecule has 0 saturated heterocycles. The number of rotatable bonds is 70. The first-order chi connectivity index (χ1) is 43.9. The zero-order valence-electron chi connectivity index (χ0n) is 60.1. The van der Waals surface area contributed by atoms with Gasteiger partial charge in [0, 0.05) is 12.8 Å². The summed E-state index contributed by atoms with van der Waals surface area (Å²) in [6.45, 7) is 6.77. The number of ether oxygens (including phenoxy) is 1. The van der Waals surface area contributed by atoms with Crippen molar-refractivity contribution < 1.29 is 37.3 Å². The number of likely N-dealkylation sites (N-methyl/N-ethyl adjacent to an activating group) is 1. The first-order valence-electron chi connectivity index (χ1n) is 38.4. The summed E-state index contributed by atoms with van der Waals surface area (Å²) in [7, 11) is 1.19. The van der Waals surface area contributed by atoms with Crippen LogP contribution in [0, 0.1) is 0 Å². The number of quaternary nitrogens is 1. The molecule has 0 aromatic rings. The Balaban J connectivity index is 4.99. The number of nitrogens with one attached hydrogen (secondary N) is 1. The monoisotopic (exact) mass is 1280 g/mol. The van der Waals surface area contributed by atoms with E-state index < -0.39 is 26.6 Å². The minimum Gasteiger partial charge on any atom is -0.756 e. The van der Waals surface area contributed by atoms with Gasteiger partial charge >= 0.3 is 5.97 Å². The number of phosphoric acid groups is 1. The number of amides is 1. The summed E-state index contributed by atoms with van der Waals surface area (Å²) < 4.78 is 30.5. The third-order valence-electron chi connectivity index (χ3n) is 17.1. The number of hydrogen-bond donors (Lipinski definition) is 1. The lowest BCUT2D eigenvalue weighted by Gasteiger charge is -2.30. The number of allylic oxidation sites excluding steroid dienone is 13. The third-order valence-corrected chi connectivity index (χ3v) is 18.1. The van der Waals surface area contributed by atoms with E-state index in [1.807, 2.05) is 33.3 Å². The van der Waals surface area contributed by atoms with E-state index in [-0.39, 0.29) is 24.9 Å². The Bertz CT molecular complexity index is 1810. The Labute approximate surface area is 558 Å². The van der Waals surface area contributed by atoms with Crippen LogP contribution in [-0.4, -0.2) is 69.4 Å². The molecule has 0 rings (SSSR count). The van der Waals surface area contributed by atoms with Crippen LogP contribution in [-0.2, 0) is 27.9 Å². The van der Waals surface area contributed by atoms with Crippen molar-refractivity contribution in [3.63, 3.8) is 0 Å². The molecule has 9 nitrogen and oxygen atoms in total. The number of carbonyl (C=O) groups is 2. The maximum absolute atomic E-state index is 13.6. The predicted octanol–water partition coefficient (Wildman–Crippen LogP) is 24.2. The van der Waals surface area contributed by atoms with Crippen LogP contribution < -0.4 is 10.2 Å². The number of esters is 1. The second kappa shape index (κ2) is 69.0. The van der Waals surface area contributed by atoms with Gasteiger partial charge in [-0.05, 0) is 83.1 Å². The molecule has 3 atom stereocenters. The number of nitrogens with zero attached hydrogens (tertiary/aromatic N) is 1. The third kappa shape index (κ3) is 69.5. The summed E-state index contributed by atoms with van der Waals surface area (Å²) in [5.41, 5.74) is 0. The zero-order chi connectivity index (χ0) is 65.6. The highest BCUT2D eigenvalue weighted by atomic mass is 31.2. The van der Waals surface area contributed by atoms with E-state index in [0.717, 1.165) is 109 Å². The molecular formula is C80H147N2O7P. The number of phosphoric ester groups is 1. The van der Waals surface area contributed by atoms with Gasteiger partial charge in [0.1, 0.15) is 19.3 Å². The molecule has 0 heterocycles. The Morgan fingerprint density at radius 2 is 0.711 bits per heavy atom. The standard InChI is InChI=1S/C80H147N2O7P/c1-7-10-13-16-19-22-25-28-30-32-34-36-38-40-41-43-45-47-49-51-53-55-58-61-64-67-70-73-80(84)89-78(71-68-65-62-59-56-27-24-21-18-15-12-9-3)77(76-88-90(85,86)87-75-74-82(4,5)6)81-79(83)72-69-66-63-60-57-54-52-50-48-46-44-42-39-37-35-33-31-29-26-23-20-17-14-11-8-2/h10,13,19,22,28,30,34,36,40-41,45,47,68,71,77-78H,7-9,11-12,14-18,20-21,23-27,29,31-33,35,37-39,42-44,46,48-67,69-70,72-76H2,1-6H3,(H-,81,83,85,86)/b13-10-,22-19-,30-28-,36-34-,41-40-,47-45-,71-68+. The molecule has 0 spiro atoms. The van der Waals surface area contributed by atoms with E-state index in [9.17, 15) is 19.0 Å². The van der Waals surface area contributed by atoms with Gasteiger partial charge in [-0.3, -0.25) is 14.2 Å². The van der Waals surface area contributed by atoms with Gasteiger partial charge in [0.05, 0.1) is 33.8 Å². The maximum Gasteiger partial charge on any atom is 0.306 e. The molecule has 1 amide bonds. The fourth-order valence-corrected chi connectivity index (χ4v) is 12.0. The zero-order valence-corrected chi connectivity index (χ0v) is 61.0.